The molecule has 0 aliphatic carbocycles. The number of likely N-dealkylation sites (N-methyl/N-ethyl adjacent to an activating group) is 2. The van der Waals surface area contributed by atoms with E-state index < -0.39 is 84.0 Å². The van der Waals surface area contributed by atoms with Gasteiger partial charge in [-0.25, -0.2) is 9.59 Å². The van der Waals surface area contributed by atoms with Crippen molar-refractivity contribution in [1.82, 2.24) is 35.6 Å². The zero-order valence-corrected chi connectivity index (χ0v) is 60.2. The van der Waals surface area contributed by atoms with Crippen LogP contribution in [0.25, 0.3) is 0 Å². The number of hydrogen-bond donors (Lipinski definition) is 5. The molecule has 1 unspecified atom stereocenters. The number of carboxylic acid groups (broad SMARTS) is 1. The first kappa shape index (κ1) is 81.5. The van der Waals surface area contributed by atoms with E-state index in [4.69, 9.17) is 15.2 Å². The number of nitrogens with zero attached hydrogens (tertiary/aromatic N) is 4. The van der Waals surface area contributed by atoms with Crippen LogP contribution in [0.5, 0.6) is 0 Å². The summed E-state index contributed by atoms with van der Waals surface area (Å²) in [6.07, 6.45) is 3.87. The first-order valence-corrected chi connectivity index (χ1v) is 35.1. The molecule has 22 heteroatoms. The Balaban J connectivity index is 1.38. The maximum absolute atomic E-state index is 14.9. The summed E-state index contributed by atoms with van der Waals surface area (Å²) in [6.45, 7) is 22.6. The van der Waals surface area contributed by atoms with Gasteiger partial charge in [0.1, 0.15) is 11.8 Å². The van der Waals surface area contributed by atoms with Gasteiger partial charge in [-0.05, 0) is 98.3 Å². The Kier molecular flexibility index (Phi) is 34.0. The average molecular weight is 1340 g/mol. The summed E-state index contributed by atoms with van der Waals surface area (Å²) < 4.78 is 12.1. The lowest BCUT2D eigenvalue weighted by molar-refractivity contribution is -0.149. The highest BCUT2D eigenvalue weighted by atomic mass is 16.5. The second-order valence-electron chi connectivity index (χ2n) is 28.4. The number of benzene rings is 2. The van der Waals surface area contributed by atoms with E-state index >= 15 is 0 Å². The third-order valence-corrected chi connectivity index (χ3v) is 20.0. The Bertz CT molecular complexity index is 2880. The summed E-state index contributed by atoms with van der Waals surface area (Å²) in [5.41, 5.74) is 7.76. The first-order valence-electron chi connectivity index (χ1n) is 35.1. The normalized spacial score (nSPS) is 18.2. The lowest BCUT2D eigenvalue weighted by Gasteiger charge is -2.41. The van der Waals surface area contributed by atoms with Crippen molar-refractivity contribution in [3.63, 3.8) is 0 Å². The lowest BCUT2D eigenvalue weighted by Crippen LogP contribution is -2.55. The van der Waals surface area contributed by atoms with Gasteiger partial charge in [0, 0.05) is 104 Å². The van der Waals surface area contributed by atoms with Gasteiger partial charge in [-0.1, -0.05) is 144 Å². The van der Waals surface area contributed by atoms with Crippen LogP contribution in [0, 0.1) is 53.3 Å². The van der Waals surface area contributed by atoms with Crippen LogP contribution in [0.2, 0.25) is 0 Å². The fourth-order valence-electron chi connectivity index (χ4n) is 13.9. The van der Waals surface area contributed by atoms with Gasteiger partial charge in [-0.15, -0.1) is 0 Å². The number of nitrogens with one attached hydrogen (secondary N) is 3. The van der Waals surface area contributed by atoms with Gasteiger partial charge in [-0.3, -0.25) is 53.0 Å². The second kappa shape index (κ2) is 40.1. The van der Waals surface area contributed by atoms with Crippen molar-refractivity contribution in [1.29, 1.82) is 0 Å². The Morgan fingerprint density at radius 1 is 0.719 bits per heavy atom. The number of carboxylic acids is 1. The molecule has 0 radical (unpaired) electrons. The molecule has 6 N–H and O–H groups in total. The number of nitrogens with two attached hydrogens (primary N) is 1. The monoisotopic (exact) mass is 1340 g/mol. The van der Waals surface area contributed by atoms with E-state index in [2.05, 4.69) is 16.0 Å². The summed E-state index contributed by atoms with van der Waals surface area (Å²) in [4.78, 5) is 155. The Morgan fingerprint density at radius 2 is 1.35 bits per heavy atom. The number of hydrogen-bond acceptors (Lipinski definition) is 14. The van der Waals surface area contributed by atoms with Crippen molar-refractivity contribution in [2.75, 3.05) is 54.5 Å². The first-order chi connectivity index (χ1) is 45.4. The third kappa shape index (κ3) is 24.3. The van der Waals surface area contributed by atoms with Gasteiger partial charge in [0.15, 0.2) is 11.6 Å². The number of methoxy groups -OCH3 is 2. The third-order valence-electron chi connectivity index (χ3n) is 20.0. The molecular formula is C74H116N8O14. The fraction of sp³-hybridized carbons (Fsp3) is 0.689. The minimum atomic E-state index is -1.17. The number of unbranched alkanes of at least 4 members (excludes halogenated alkanes) is 2. The Labute approximate surface area is 571 Å². The zero-order valence-electron chi connectivity index (χ0n) is 60.2. The van der Waals surface area contributed by atoms with E-state index in [-0.39, 0.29) is 134 Å². The van der Waals surface area contributed by atoms with Gasteiger partial charge in [0.2, 0.25) is 35.4 Å². The van der Waals surface area contributed by atoms with E-state index in [0.29, 0.717) is 71.0 Å². The van der Waals surface area contributed by atoms with Crippen molar-refractivity contribution >= 4 is 64.8 Å². The SMILES string of the molecule is CC[C@H](C)[C@@H]([C@@H](CC(=O)N1CCC[C@H]1[C@H](OC)[C@@H](C)C(=O)N[C@@H](Cc1ccccc1)C(=O)O)OC)N(C)C(=O)[C@@H](CC(=O)[C@H](C(C)C)N(C)CCc1ccc(CC(=O)[C@H](CCCNC(N)=O)NC(=O)[C@@H](CC(=O)CCCCCN2C(=O)CC(C(C)C)C2=O)C(C)C)cc1)C(C)C. The number of ketones is 3. The maximum Gasteiger partial charge on any atom is 0.326 e. The summed E-state index contributed by atoms with van der Waals surface area (Å²) in [6, 6.07) is 12.3. The number of rotatable bonds is 44. The van der Waals surface area contributed by atoms with Gasteiger partial charge in [-0.2, -0.15) is 0 Å². The molecule has 2 aliphatic rings. The number of imide groups is 1. The second-order valence-corrected chi connectivity index (χ2v) is 28.4. The highest BCUT2D eigenvalue weighted by Gasteiger charge is 2.45. The number of primary amides is 1. The molecule has 2 aromatic rings. The van der Waals surface area contributed by atoms with Crippen LogP contribution >= 0.6 is 0 Å². The molecule has 96 heavy (non-hydrogen) atoms. The predicted octanol–water partition coefficient (Wildman–Crippen LogP) is 8.02. The summed E-state index contributed by atoms with van der Waals surface area (Å²) >= 11 is 0. The van der Waals surface area contributed by atoms with Gasteiger partial charge in [0.25, 0.3) is 0 Å². The van der Waals surface area contributed by atoms with E-state index in [9.17, 15) is 57.8 Å². The van der Waals surface area contributed by atoms with Gasteiger partial charge in [0.05, 0.1) is 48.7 Å². The number of amides is 8. The largest absolute Gasteiger partial charge is 0.480 e. The molecule has 0 bridgehead atoms. The number of urea groups is 1. The molecule has 2 aromatic carbocycles. The van der Waals surface area contributed by atoms with Crippen LogP contribution in [-0.4, -0.2) is 186 Å². The molecule has 0 saturated carbocycles. The highest BCUT2D eigenvalue weighted by molar-refractivity contribution is 6.03. The van der Waals surface area contributed by atoms with Gasteiger partial charge < -0.3 is 46.1 Å². The standard InChI is InChI=1S/C74H116N8O14/c1-16-49(10)67(63(95-14)44-65(87)81-37-24-29-60(81)68(96-15)50(11)69(88)78-59(73(92)93)39-52-25-19-17-20-26-52)80(13)71(90)56(46(4)5)42-62(85)66(48(8)9)79(12)38-34-51-30-32-53(33-31-51)40-61(84)58(28-23-35-76-74(75)94)77-70(89)55(45(2)3)41-54(83)27-21-18-22-36-82-64(86)43-57(47(6)7)72(82)91/h17,19-20,25-26,30-33,45-50,55-60,63,66-68H,16,18,21-24,27-29,34-44H2,1-15H3,(H,77,89)(H,78,88)(H,92,93)(H3,75,76,94)/t49-,50+,55-,56-,57?,58-,59-,60-,63+,66-,67-,68+/m0/s1. The molecule has 536 valence electrons. The minimum Gasteiger partial charge on any atom is -0.480 e. The van der Waals surface area contributed by atoms with Crippen LogP contribution in [0.1, 0.15) is 176 Å². The fourth-order valence-corrected chi connectivity index (χ4v) is 13.9. The lowest BCUT2D eigenvalue weighted by atomic mass is 9.83. The number of likely N-dealkylation sites (tertiary alicyclic amines) is 2. The van der Waals surface area contributed by atoms with Crippen LogP contribution in [0.3, 0.4) is 0 Å². The number of ether oxygens (including phenoxy) is 2. The summed E-state index contributed by atoms with van der Waals surface area (Å²) in [7, 11) is 6.65. The maximum atomic E-state index is 14.9. The van der Waals surface area contributed by atoms with Crippen LogP contribution in [-0.2, 0) is 76.7 Å². The van der Waals surface area contributed by atoms with Crippen molar-refractivity contribution in [2.45, 2.75) is 221 Å². The molecule has 2 aliphatic heterocycles. The number of aliphatic carboxylic acids is 1. The van der Waals surface area contributed by atoms with E-state index in [1.54, 1.807) is 48.0 Å². The summed E-state index contributed by atoms with van der Waals surface area (Å²) in [5, 5.41) is 18.2. The van der Waals surface area contributed by atoms with Crippen molar-refractivity contribution < 1.29 is 67.3 Å². The smallest absolute Gasteiger partial charge is 0.326 e. The number of carbonyl (C=O) groups is 11. The molecule has 22 nitrogen and oxygen atoms in total. The molecular weight excluding hydrogens is 1220 g/mol. The molecule has 0 spiro atoms. The van der Waals surface area contributed by atoms with E-state index in [0.717, 1.165) is 16.7 Å². The van der Waals surface area contributed by atoms with Crippen molar-refractivity contribution in [3.8, 4) is 0 Å². The number of carbonyl (C=O) groups excluding carboxylic acids is 10. The molecule has 12 atom stereocenters. The molecule has 8 amide bonds. The molecule has 0 aromatic heterocycles. The van der Waals surface area contributed by atoms with Crippen molar-refractivity contribution in [2.24, 2.45) is 59.0 Å². The van der Waals surface area contributed by atoms with E-state index in [1.807, 2.05) is 112 Å². The predicted molar refractivity (Wildman–Crippen MR) is 369 cm³/mol. The number of Topliss-reactive ketones (excluding diaryl/α,β-unsaturated/α-hetero) is 3. The average Bonchev–Trinajstić information content (AvgIpc) is 1.84. The van der Waals surface area contributed by atoms with Crippen LogP contribution in [0.4, 0.5) is 4.79 Å². The molecule has 2 saturated heterocycles. The summed E-state index contributed by atoms with van der Waals surface area (Å²) in [5.74, 6) is -6.21. The Hall–Kier alpha value is -6.91. The highest BCUT2D eigenvalue weighted by Crippen LogP contribution is 2.32. The quantitative estimate of drug-likeness (QED) is 0.0310. The topological polar surface area (TPSA) is 302 Å². The van der Waals surface area contributed by atoms with Gasteiger partial charge >= 0.3 is 12.0 Å². The zero-order chi connectivity index (χ0) is 71.7. The van der Waals surface area contributed by atoms with Crippen molar-refractivity contribution in [3.05, 3.63) is 71.3 Å². The molecule has 2 heterocycles. The Morgan fingerprint density at radius 3 is 1.92 bits per heavy atom. The molecule has 4 rings (SSSR count). The molecule has 2 fully saturated rings. The minimum absolute atomic E-state index is 0.00415. The van der Waals surface area contributed by atoms with E-state index in [1.165, 1.54) is 19.1 Å². The van der Waals surface area contributed by atoms with Crippen LogP contribution in [0.15, 0.2) is 54.6 Å². The van der Waals surface area contributed by atoms with Crippen LogP contribution < -0.4 is 21.7 Å².